The van der Waals surface area contributed by atoms with E-state index >= 15 is 0 Å². The number of thiocarbonyl (C=S) groups is 2. The van der Waals surface area contributed by atoms with Gasteiger partial charge in [0.1, 0.15) is 0 Å². The lowest BCUT2D eigenvalue weighted by molar-refractivity contribution is 0.699. The first-order valence-electron chi connectivity index (χ1n) is 3.49. The van der Waals surface area contributed by atoms with Crippen LogP contribution in [0.4, 0.5) is 0 Å². The summed E-state index contributed by atoms with van der Waals surface area (Å²) in [5.41, 5.74) is 0. The van der Waals surface area contributed by atoms with Crippen molar-refractivity contribution in [3.8, 4) is 0 Å². The molecule has 60 valence electrons. The van der Waals surface area contributed by atoms with Gasteiger partial charge in [-0.05, 0) is 43.7 Å². The van der Waals surface area contributed by atoms with Gasteiger partial charge in [0, 0.05) is 13.1 Å². The molecule has 0 spiro atoms. The molecular weight excluding hydrogens is 176 g/mol. The molecule has 11 heavy (non-hydrogen) atoms. The van der Waals surface area contributed by atoms with Gasteiger partial charge in [-0.1, -0.05) is 0 Å². The van der Waals surface area contributed by atoms with E-state index in [0.29, 0.717) is 0 Å². The molecular formula is C7H10N2S2. The van der Waals surface area contributed by atoms with E-state index in [1.165, 1.54) is 0 Å². The van der Waals surface area contributed by atoms with E-state index in [1.54, 1.807) is 0 Å². The number of unbranched alkanes of at least 4 members (excludes halogenated alkanes) is 2. The lowest BCUT2D eigenvalue weighted by Crippen LogP contribution is -1.84. The smallest absolute Gasteiger partial charge is 0.0584 e. The molecule has 0 aromatic rings. The molecule has 0 amide bonds. The van der Waals surface area contributed by atoms with E-state index in [1.807, 2.05) is 0 Å². The van der Waals surface area contributed by atoms with Gasteiger partial charge < -0.3 is 0 Å². The van der Waals surface area contributed by atoms with Crippen LogP contribution in [0.5, 0.6) is 0 Å². The summed E-state index contributed by atoms with van der Waals surface area (Å²) in [5.74, 6) is 0. The van der Waals surface area contributed by atoms with Crippen molar-refractivity contribution in [2.24, 2.45) is 9.98 Å². The van der Waals surface area contributed by atoms with Crippen LogP contribution < -0.4 is 0 Å². The SMILES string of the molecule is S=C=NCCCCCN=C=S. The van der Waals surface area contributed by atoms with Crippen molar-refractivity contribution < 1.29 is 0 Å². The van der Waals surface area contributed by atoms with E-state index < -0.39 is 0 Å². The van der Waals surface area contributed by atoms with E-state index in [9.17, 15) is 0 Å². The molecule has 0 aliphatic heterocycles. The van der Waals surface area contributed by atoms with Gasteiger partial charge in [-0.15, -0.1) is 0 Å². The Labute approximate surface area is 77.4 Å². The molecule has 0 rings (SSSR count). The van der Waals surface area contributed by atoms with E-state index in [-0.39, 0.29) is 0 Å². The second kappa shape index (κ2) is 9.60. The van der Waals surface area contributed by atoms with Gasteiger partial charge in [-0.3, -0.25) is 0 Å². The van der Waals surface area contributed by atoms with Crippen molar-refractivity contribution >= 4 is 34.8 Å². The van der Waals surface area contributed by atoms with Crippen molar-refractivity contribution in [2.75, 3.05) is 13.1 Å². The molecule has 0 aliphatic carbocycles. The maximum Gasteiger partial charge on any atom is 0.0584 e. The Kier molecular flexibility index (Phi) is 9.25. The average molecular weight is 186 g/mol. The Morgan fingerprint density at radius 3 is 1.64 bits per heavy atom. The largest absolute Gasteiger partial charge is 0.233 e. The minimum Gasteiger partial charge on any atom is -0.233 e. The van der Waals surface area contributed by atoms with Gasteiger partial charge in [0.2, 0.25) is 0 Å². The molecule has 0 aromatic carbocycles. The topological polar surface area (TPSA) is 24.7 Å². The van der Waals surface area contributed by atoms with Crippen LogP contribution in [0.2, 0.25) is 0 Å². The first kappa shape index (κ1) is 10.6. The van der Waals surface area contributed by atoms with E-state index in [2.05, 4.69) is 44.7 Å². The fourth-order valence-electron chi connectivity index (χ4n) is 0.650. The molecule has 0 heterocycles. The minimum absolute atomic E-state index is 0.783. The zero-order valence-electron chi connectivity index (χ0n) is 6.25. The van der Waals surface area contributed by atoms with Gasteiger partial charge in [-0.25, -0.2) is 9.98 Å². The normalized spacial score (nSPS) is 8.00. The number of rotatable bonds is 6. The van der Waals surface area contributed by atoms with Gasteiger partial charge >= 0.3 is 0 Å². The predicted molar refractivity (Wildman–Crippen MR) is 53.6 cm³/mol. The number of nitrogens with zero attached hydrogens (tertiary/aromatic N) is 2. The molecule has 0 radical (unpaired) electrons. The fraction of sp³-hybridized carbons (Fsp3) is 0.714. The third kappa shape index (κ3) is 9.60. The molecule has 4 heteroatoms. The summed E-state index contributed by atoms with van der Waals surface area (Å²) in [6.07, 6.45) is 3.22. The predicted octanol–water partition coefficient (Wildman–Crippen LogP) is 2.36. The monoisotopic (exact) mass is 186 g/mol. The number of hydrogen-bond acceptors (Lipinski definition) is 4. The van der Waals surface area contributed by atoms with Crippen LogP contribution in [0, 0.1) is 0 Å². The summed E-state index contributed by atoms with van der Waals surface area (Å²) < 4.78 is 0. The highest BCUT2D eigenvalue weighted by Crippen LogP contribution is 1.94. The van der Waals surface area contributed by atoms with Gasteiger partial charge in [0.05, 0.1) is 10.3 Å². The molecule has 0 atom stereocenters. The molecule has 0 N–H and O–H groups in total. The molecule has 0 aromatic heterocycles. The van der Waals surface area contributed by atoms with Crippen LogP contribution in [-0.2, 0) is 0 Å². The highest BCUT2D eigenvalue weighted by molar-refractivity contribution is 7.78. The van der Waals surface area contributed by atoms with E-state index in [4.69, 9.17) is 0 Å². The number of isothiocyanates is 2. The summed E-state index contributed by atoms with van der Waals surface area (Å²) in [6.45, 7) is 1.57. The first-order valence-corrected chi connectivity index (χ1v) is 4.30. The van der Waals surface area contributed by atoms with Crippen LogP contribution in [0.1, 0.15) is 19.3 Å². The van der Waals surface area contributed by atoms with Gasteiger partial charge in [-0.2, -0.15) is 0 Å². The minimum atomic E-state index is 0.783. The summed E-state index contributed by atoms with van der Waals surface area (Å²) in [7, 11) is 0. The molecule has 0 saturated carbocycles. The van der Waals surface area contributed by atoms with Crippen molar-refractivity contribution in [3.63, 3.8) is 0 Å². The Balaban J connectivity index is 3.02. The molecule has 0 bridgehead atoms. The summed E-state index contributed by atoms with van der Waals surface area (Å²) in [6, 6.07) is 0. The van der Waals surface area contributed by atoms with Crippen LogP contribution in [0.15, 0.2) is 9.98 Å². The van der Waals surface area contributed by atoms with Crippen LogP contribution >= 0.6 is 24.4 Å². The maximum absolute atomic E-state index is 4.41. The molecule has 0 unspecified atom stereocenters. The molecule has 0 aliphatic rings. The third-order valence-corrected chi connectivity index (χ3v) is 1.43. The van der Waals surface area contributed by atoms with Crippen molar-refractivity contribution in [3.05, 3.63) is 0 Å². The van der Waals surface area contributed by atoms with Gasteiger partial charge in [0.15, 0.2) is 0 Å². The zero-order valence-corrected chi connectivity index (χ0v) is 7.88. The van der Waals surface area contributed by atoms with E-state index in [0.717, 1.165) is 32.4 Å². The number of aliphatic imine (C=N–C) groups is 2. The standard InChI is InChI=1S/C7H10N2S2/c10-6-8-4-2-1-3-5-9-7-11/h1-5H2. The molecule has 0 saturated heterocycles. The Morgan fingerprint density at radius 2 is 1.27 bits per heavy atom. The molecule has 0 fully saturated rings. The second-order valence-corrected chi connectivity index (χ2v) is 2.37. The average Bonchev–Trinajstić information content (AvgIpc) is 2.03. The second-order valence-electron chi connectivity index (χ2n) is 2.01. The Hall–Kier alpha value is -0.400. The van der Waals surface area contributed by atoms with Crippen molar-refractivity contribution in [1.29, 1.82) is 0 Å². The third-order valence-electron chi connectivity index (χ3n) is 1.17. The summed E-state index contributed by atoms with van der Waals surface area (Å²) in [4.78, 5) is 7.58. The van der Waals surface area contributed by atoms with Crippen LogP contribution in [0.25, 0.3) is 0 Å². The number of hydrogen-bond donors (Lipinski definition) is 0. The first-order chi connectivity index (χ1) is 5.41. The lowest BCUT2D eigenvalue weighted by atomic mass is 10.2. The quantitative estimate of drug-likeness (QED) is 0.361. The van der Waals surface area contributed by atoms with Crippen LogP contribution in [0.3, 0.4) is 0 Å². The Morgan fingerprint density at radius 1 is 0.818 bits per heavy atom. The van der Waals surface area contributed by atoms with Crippen LogP contribution in [-0.4, -0.2) is 23.4 Å². The fourth-order valence-corrected chi connectivity index (χ4v) is 0.832. The Bertz CT molecular complexity index is 159. The highest BCUT2D eigenvalue weighted by Gasteiger charge is 1.85. The molecule has 2 nitrogen and oxygen atoms in total. The highest BCUT2D eigenvalue weighted by atomic mass is 32.1. The zero-order chi connectivity index (χ0) is 8.36. The van der Waals surface area contributed by atoms with Gasteiger partial charge in [0.25, 0.3) is 0 Å². The lowest BCUT2D eigenvalue weighted by Gasteiger charge is -1.91. The van der Waals surface area contributed by atoms with Crippen molar-refractivity contribution in [1.82, 2.24) is 0 Å². The maximum atomic E-state index is 4.41. The summed E-state index contributed by atoms with van der Waals surface area (Å²) >= 11 is 8.83. The van der Waals surface area contributed by atoms with Crippen molar-refractivity contribution in [2.45, 2.75) is 19.3 Å². The summed E-state index contributed by atoms with van der Waals surface area (Å²) in [5, 5.41) is 4.65.